The van der Waals surface area contributed by atoms with Crippen molar-refractivity contribution in [2.45, 2.75) is 18.9 Å². The molecule has 0 atom stereocenters. The molecule has 0 aliphatic carbocycles. The van der Waals surface area contributed by atoms with Crippen LogP contribution in [0.15, 0.2) is 24.3 Å². The molecule has 6 nitrogen and oxygen atoms in total. The van der Waals surface area contributed by atoms with E-state index in [0.29, 0.717) is 5.69 Å². The molecule has 1 heterocycles. The molecule has 1 aliphatic heterocycles. The number of carboxylic acid groups (broad SMARTS) is 1. The molecular weight excluding hydrogens is 258 g/mol. The number of rotatable bonds is 3. The van der Waals surface area contributed by atoms with E-state index in [9.17, 15) is 9.59 Å². The maximum Gasteiger partial charge on any atom is 0.337 e. The number of piperidine rings is 1. The van der Waals surface area contributed by atoms with E-state index in [2.05, 4.69) is 10.6 Å². The standard InChI is InChI=1S/C14H19N3O3/c1-17(12-5-3-2-4-11(12)13(18)19)14(20)16-10-6-8-15-9-7-10/h2-5,10,15H,6-9H2,1H3,(H,16,20)(H,18,19). The summed E-state index contributed by atoms with van der Waals surface area (Å²) in [4.78, 5) is 24.7. The van der Waals surface area contributed by atoms with Gasteiger partial charge in [-0.1, -0.05) is 12.1 Å². The first-order chi connectivity index (χ1) is 9.59. The Balaban J connectivity index is 2.08. The third-order valence-electron chi connectivity index (χ3n) is 3.47. The van der Waals surface area contributed by atoms with E-state index in [-0.39, 0.29) is 17.6 Å². The fourth-order valence-electron chi connectivity index (χ4n) is 2.29. The average molecular weight is 277 g/mol. The van der Waals surface area contributed by atoms with Crippen LogP contribution in [-0.2, 0) is 0 Å². The number of benzene rings is 1. The molecule has 3 N–H and O–H groups in total. The van der Waals surface area contributed by atoms with Gasteiger partial charge in [0.1, 0.15) is 0 Å². The number of para-hydroxylation sites is 1. The topological polar surface area (TPSA) is 81.7 Å². The fraction of sp³-hybridized carbons (Fsp3) is 0.429. The lowest BCUT2D eigenvalue weighted by molar-refractivity contribution is 0.0697. The third kappa shape index (κ3) is 3.27. The molecule has 1 fully saturated rings. The van der Waals surface area contributed by atoms with Crippen LogP contribution in [0.1, 0.15) is 23.2 Å². The van der Waals surface area contributed by atoms with Crippen molar-refractivity contribution in [3.05, 3.63) is 29.8 Å². The summed E-state index contributed by atoms with van der Waals surface area (Å²) in [6.07, 6.45) is 1.78. The smallest absolute Gasteiger partial charge is 0.337 e. The number of carboxylic acids is 1. The third-order valence-corrected chi connectivity index (χ3v) is 3.47. The van der Waals surface area contributed by atoms with Crippen LogP contribution in [0.2, 0.25) is 0 Å². The predicted molar refractivity (Wildman–Crippen MR) is 76.2 cm³/mol. The zero-order valence-corrected chi connectivity index (χ0v) is 11.4. The predicted octanol–water partition coefficient (Wildman–Crippen LogP) is 1.28. The van der Waals surface area contributed by atoms with Gasteiger partial charge in [0.15, 0.2) is 0 Å². The van der Waals surface area contributed by atoms with Gasteiger partial charge >= 0.3 is 12.0 Å². The molecule has 1 aromatic rings. The van der Waals surface area contributed by atoms with Crippen LogP contribution in [0.4, 0.5) is 10.5 Å². The lowest BCUT2D eigenvalue weighted by Crippen LogP contribution is -2.47. The maximum absolute atomic E-state index is 12.2. The van der Waals surface area contributed by atoms with E-state index in [0.717, 1.165) is 25.9 Å². The van der Waals surface area contributed by atoms with E-state index in [1.165, 1.54) is 11.0 Å². The summed E-state index contributed by atoms with van der Waals surface area (Å²) < 4.78 is 0. The number of carbonyl (C=O) groups excluding carboxylic acids is 1. The van der Waals surface area contributed by atoms with E-state index >= 15 is 0 Å². The summed E-state index contributed by atoms with van der Waals surface area (Å²) in [5.74, 6) is -1.04. The Morgan fingerprint density at radius 1 is 1.30 bits per heavy atom. The first-order valence-corrected chi connectivity index (χ1v) is 6.67. The summed E-state index contributed by atoms with van der Waals surface area (Å²) in [5, 5.41) is 15.3. The normalized spacial score (nSPS) is 15.7. The monoisotopic (exact) mass is 277 g/mol. The summed E-state index contributed by atoms with van der Waals surface area (Å²) in [6, 6.07) is 6.35. The van der Waals surface area contributed by atoms with Gasteiger partial charge in [0.25, 0.3) is 0 Å². The number of carbonyl (C=O) groups is 2. The Hall–Kier alpha value is -2.08. The minimum absolute atomic E-state index is 0.121. The molecule has 20 heavy (non-hydrogen) atoms. The van der Waals surface area contributed by atoms with Crippen LogP contribution < -0.4 is 15.5 Å². The fourth-order valence-corrected chi connectivity index (χ4v) is 2.29. The van der Waals surface area contributed by atoms with E-state index in [1.807, 2.05) is 0 Å². The van der Waals surface area contributed by atoms with Crippen LogP contribution in [0, 0.1) is 0 Å². The van der Waals surface area contributed by atoms with Gasteiger partial charge in [-0.25, -0.2) is 9.59 Å². The zero-order valence-electron chi connectivity index (χ0n) is 11.4. The van der Waals surface area contributed by atoms with Crippen LogP contribution in [-0.4, -0.2) is 43.3 Å². The van der Waals surface area contributed by atoms with E-state index in [4.69, 9.17) is 5.11 Å². The second-order valence-corrected chi connectivity index (χ2v) is 4.86. The molecule has 0 spiro atoms. The Labute approximate surface area is 117 Å². The molecule has 1 saturated heterocycles. The molecular formula is C14H19N3O3. The number of aromatic carboxylic acids is 1. The van der Waals surface area contributed by atoms with E-state index in [1.54, 1.807) is 25.2 Å². The summed E-state index contributed by atoms with van der Waals surface area (Å²) in [7, 11) is 1.58. The highest BCUT2D eigenvalue weighted by molar-refractivity contribution is 6.01. The van der Waals surface area contributed by atoms with Gasteiger partial charge in [-0.05, 0) is 38.1 Å². The van der Waals surface area contributed by atoms with Crippen molar-refractivity contribution in [2.24, 2.45) is 0 Å². The molecule has 0 radical (unpaired) electrons. The molecule has 0 bridgehead atoms. The largest absolute Gasteiger partial charge is 0.478 e. The number of hydrogen-bond donors (Lipinski definition) is 3. The molecule has 0 aromatic heterocycles. The first-order valence-electron chi connectivity index (χ1n) is 6.67. The summed E-state index contributed by atoms with van der Waals surface area (Å²) >= 11 is 0. The van der Waals surface area contributed by atoms with Crippen molar-refractivity contribution >= 4 is 17.7 Å². The quantitative estimate of drug-likeness (QED) is 0.777. The summed E-state index contributed by atoms with van der Waals surface area (Å²) in [6.45, 7) is 1.78. The van der Waals surface area contributed by atoms with Crippen LogP contribution in [0.5, 0.6) is 0 Å². The highest BCUT2D eigenvalue weighted by atomic mass is 16.4. The van der Waals surface area contributed by atoms with Crippen molar-refractivity contribution in [1.82, 2.24) is 10.6 Å². The number of hydrogen-bond acceptors (Lipinski definition) is 3. The summed E-state index contributed by atoms with van der Waals surface area (Å²) in [5.41, 5.74) is 0.516. The van der Waals surface area contributed by atoms with Crippen molar-refractivity contribution < 1.29 is 14.7 Å². The van der Waals surface area contributed by atoms with Gasteiger partial charge in [-0.2, -0.15) is 0 Å². The molecule has 2 rings (SSSR count). The van der Waals surface area contributed by atoms with Gasteiger partial charge in [0.2, 0.25) is 0 Å². The van der Waals surface area contributed by atoms with Gasteiger partial charge in [0, 0.05) is 13.1 Å². The van der Waals surface area contributed by atoms with Gasteiger partial charge in [-0.15, -0.1) is 0 Å². The Morgan fingerprint density at radius 3 is 2.60 bits per heavy atom. The second kappa shape index (κ2) is 6.38. The Kier molecular flexibility index (Phi) is 4.57. The molecule has 0 saturated carbocycles. The van der Waals surface area contributed by atoms with Crippen molar-refractivity contribution in [2.75, 3.05) is 25.0 Å². The highest BCUT2D eigenvalue weighted by Crippen LogP contribution is 2.19. The number of nitrogens with one attached hydrogen (secondary N) is 2. The molecule has 108 valence electrons. The Bertz CT molecular complexity index is 498. The lowest BCUT2D eigenvalue weighted by Gasteiger charge is -2.27. The van der Waals surface area contributed by atoms with Crippen LogP contribution in [0.3, 0.4) is 0 Å². The molecule has 2 amide bonds. The number of anilines is 1. The van der Waals surface area contributed by atoms with Gasteiger partial charge in [0.05, 0.1) is 11.3 Å². The van der Waals surface area contributed by atoms with Crippen molar-refractivity contribution in [3.63, 3.8) is 0 Å². The van der Waals surface area contributed by atoms with Crippen molar-refractivity contribution in [1.29, 1.82) is 0 Å². The second-order valence-electron chi connectivity index (χ2n) is 4.86. The van der Waals surface area contributed by atoms with Crippen molar-refractivity contribution in [3.8, 4) is 0 Å². The molecule has 0 unspecified atom stereocenters. The van der Waals surface area contributed by atoms with Crippen LogP contribution >= 0.6 is 0 Å². The molecule has 1 aromatic carbocycles. The maximum atomic E-state index is 12.2. The lowest BCUT2D eigenvalue weighted by atomic mass is 10.1. The van der Waals surface area contributed by atoms with Gasteiger partial charge < -0.3 is 15.7 Å². The molecule has 1 aliphatic rings. The number of amides is 2. The van der Waals surface area contributed by atoms with Crippen LogP contribution in [0.25, 0.3) is 0 Å². The average Bonchev–Trinajstić information content (AvgIpc) is 2.47. The minimum atomic E-state index is -1.04. The zero-order chi connectivity index (χ0) is 14.5. The Morgan fingerprint density at radius 2 is 1.95 bits per heavy atom. The minimum Gasteiger partial charge on any atom is -0.478 e. The highest BCUT2D eigenvalue weighted by Gasteiger charge is 2.21. The first kappa shape index (κ1) is 14.3. The SMILES string of the molecule is CN(C(=O)NC1CCNCC1)c1ccccc1C(=O)O. The van der Waals surface area contributed by atoms with E-state index < -0.39 is 5.97 Å². The number of nitrogens with zero attached hydrogens (tertiary/aromatic N) is 1. The number of urea groups is 1. The van der Waals surface area contributed by atoms with Gasteiger partial charge in [-0.3, -0.25) is 4.90 Å². The molecule has 6 heteroatoms.